The molecule has 0 saturated carbocycles. The number of aromatic amines is 1. The summed E-state index contributed by atoms with van der Waals surface area (Å²) in [7, 11) is 0.475. The number of nitrogens with one attached hydrogen (secondary N) is 1. The molecule has 0 aliphatic rings. The summed E-state index contributed by atoms with van der Waals surface area (Å²) in [6.45, 7) is 2.60. The maximum atomic E-state index is 13.7. The van der Waals surface area contributed by atoms with Crippen LogP contribution in [0.1, 0.15) is 34.3 Å². The molecule has 0 radical (unpaired) electrons. The highest BCUT2D eigenvalue weighted by molar-refractivity contribution is 7.90. The lowest BCUT2D eigenvalue weighted by Crippen LogP contribution is -2.14. The quantitative estimate of drug-likeness (QED) is 0.537. The van der Waals surface area contributed by atoms with Crippen LogP contribution in [0.25, 0.3) is 0 Å². The zero-order chi connectivity index (χ0) is 22.8. The number of hydrogen-bond donors (Lipinski definition) is 1. The summed E-state index contributed by atoms with van der Waals surface area (Å²) in [5, 5.41) is -0.0250. The molecule has 6 nitrogen and oxygen atoms in total. The van der Waals surface area contributed by atoms with Crippen LogP contribution in [0.3, 0.4) is 0 Å². The van der Waals surface area contributed by atoms with Gasteiger partial charge in [0.15, 0.2) is 14.9 Å². The first-order valence-corrected chi connectivity index (χ1v) is 11.9. The van der Waals surface area contributed by atoms with E-state index in [1.54, 1.807) is 13.0 Å². The zero-order valence-corrected chi connectivity index (χ0v) is 19.4. The van der Waals surface area contributed by atoms with Crippen LogP contribution in [0.15, 0.2) is 47.5 Å². The number of rotatable bonds is 8. The Morgan fingerprint density at radius 3 is 2.45 bits per heavy atom. The van der Waals surface area contributed by atoms with Crippen LogP contribution in [0.5, 0.6) is 0 Å². The van der Waals surface area contributed by atoms with Gasteiger partial charge in [-0.2, -0.15) is 0 Å². The molecule has 9 heteroatoms. The third-order valence-electron chi connectivity index (χ3n) is 4.73. The minimum Gasteiger partial charge on any atom is -0.361 e. The van der Waals surface area contributed by atoms with Gasteiger partial charge in [-0.3, -0.25) is 0 Å². The van der Waals surface area contributed by atoms with Gasteiger partial charge in [0.2, 0.25) is 0 Å². The molecule has 1 aromatic heterocycles. The number of ether oxygens (including phenoxy) is 1. The molecule has 1 heterocycles. The van der Waals surface area contributed by atoms with Gasteiger partial charge in [-0.25, -0.2) is 17.8 Å². The number of imidazole rings is 1. The highest BCUT2D eigenvalue weighted by atomic mass is 35.5. The number of H-pyrrole nitrogens is 1. The van der Waals surface area contributed by atoms with Crippen molar-refractivity contribution in [2.24, 2.45) is 0 Å². The van der Waals surface area contributed by atoms with Crippen molar-refractivity contribution >= 4 is 21.4 Å². The second-order valence-electron chi connectivity index (χ2n) is 7.68. The second-order valence-corrected chi connectivity index (χ2v) is 10.0. The van der Waals surface area contributed by atoms with Crippen molar-refractivity contribution in [2.45, 2.75) is 31.2 Å². The molecule has 31 heavy (non-hydrogen) atoms. The monoisotopic (exact) mass is 465 g/mol. The topological polar surface area (TPSA) is 75.3 Å². The molecule has 1 N–H and O–H groups in total. The van der Waals surface area contributed by atoms with Gasteiger partial charge in [-0.15, -0.1) is 0 Å². The van der Waals surface area contributed by atoms with Crippen molar-refractivity contribution in [2.75, 3.05) is 20.4 Å². The molecule has 0 spiro atoms. The van der Waals surface area contributed by atoms with Gasteiger partial charge in [0.1, 0.15) is 17.7 Å². The number of aryl methyl sites for hydroxylation is 1. The maximum Gasteiger partial charge on any atom is 0.192 e. The standard InChI is InChI=1S/C22H25ClFN3O3S/c1-14-22(31(4,28)29)26-21(25-14)20(15-9-10-19(24)18(23)11-15)30-13-17-8-6-5-7-16(17)12-27(2)3/h5-11,20H,12-13H2,1-4H3,(H,25,26). The van der Waals surface area contributed by atoms with Crippen molar-refractivity contribution in [3.63, 3.8) is 0 Å². The van der Waals surface area contributed by atoms with E-state index >= 15 is 0 Å². The minimum atomic E-state index is -3.50. The Labute approximate surface area is 186 Å². The Morgan fingerprint density at radius 1 is 1.19 bits per heavy atom. The van der Waals surface area contributed by atoms with Crippen LogP contribution in [-0.4, -0.2) is 43.6 Å². The first-order chi connectivity index (χ1) is 14.6. The molecule has 0 aliphatic heterocycles. The molecule has 0 saturated heterocycles. The summed E-state index contributed by atoms with van der Waals surface area (Å²) in [6.07, 6.45) is 0.346. The van der Waals surface area contributed by atoms with Crippen LogP contribution in [0.2, 0.25) is 5.02 Å². The molecule has 0 amide bonds. The molecule has 2 aromatic carbocycles. The SMILES string of the molecule is Cc1nc(C(OCc2ccccc2CN(C)C)c2ccc(F)c(Cl)c2)[nH]c1S(C)(=O)=O. The number of hydrogen-bond acceptors (Lipinski definition) is 5. The number of aromatic nitrogens is 2. The molecular weight excluding hydrogens is 441 g/mol. The zero-order valence-electron chi connectivity index (χ0n) is 17.8. The Kier molecular flexibility index (Phi) is 7.16. The second kappa shape index (κ2) is 9.48. The Hall–Kier alpha value is -2.26. The fraction of sp³-hybridized carbons (Fsp3) is 0.318. The van der Waals surface area contributed by atoms with E-state index < -0.39 is 21.8 Å². The molecule has 1 atom stereocenters. The maximum absolute atomic E-state index is 13.7. The van der Waals surface area contributed by atoms with E-state index in [4.69, 9.17) is 16.3 Å². The van der Waals surface area contributed by atoms with Crippen molar-refractivity contribution < 1.29 is 17.5 Å². The van der Waals surface area contributed by atoms with Crippen molar-refractivity contribution in [1.82, 2.24) is 14.9 Å². The Morgan fingerprint density at radius 2 is 1.87 bits per heavy atom. The summed E-state index contributed by atoms with van der Waals surface area (Å²) in [6, 6.07) is 12.2. The summed E-state index contributed by atoms with van der Waals surface area (Å²) in [5.74, 6) is -0.237. The lowest BCUT2D eigenvalue weighted by Gasteiger charge is -2.19. The first kappa shape index (κ1) is 23.4. The lowest BCUT2D eigenvalue weighted by atomic mass is 10.1. The highest BCUT2D eigenvalue weighted by Gasteiger charge is 2.24. The summed E-state index contributed by atoms with van der Waals surface area (Å²) < 4.78 is 44.1. The van der Waals surface area contributed by atoms with E-state index in [9.17, 15) is 12.8 Å². The van der Waals surface area contributed by atoms with Crippen LogP contribution in [-0.2, 0) is 27.7 Å². The predicted molar refractivity (Wildman–Crippen MR) is 118 cm³/mol. The van der Waals surface area contributed by atoms with E-state index in [0.717, 1.165) is 23.9 Å². The van der Waals surface area contributed by atoms with E-state index in [2.05, 4.69) is 14.9 Å². The molecule has 1 unspecified atom stereocenters. The average molecular weight is 466 g/mol. The van der Waals surface area contributed by atoms with E-state index in [0.29, 0.717) is 17.1 Å². The molecular formula is C22H25ClFN3O3S. The molecule has 3 aromatic rings. The van der Waals surface area contributed by atoms with Gasteiger partial charge in [-0.1, -0.05) is 41.9 Å². The lowest BCUT2D eigenvalue weighted by molar-refractivity contribution is 0.0606. The highest BCUT2D eigenvalue weighted by Crippen LogP contribution is 2.30. The van der Waals surface area contributed by atoms with Crippen molar-refractivity contribution in [1.29, 1.82) is 0 Å². The van der Waals surface area contributed by atoms with E-state index in [-0.39, 0.29) is 16.7 Å². The van der Waals surface area contributed by atoms with Gasteiger partial charge < -0.3 is 14.6 Å². The Balaban J connectivity index is 1.99. The van der Waals surface area contributed by atoms with Crippen molar-refractivity contribution in [3.8, 4) is 0 Å². The first-order valence-electron chi connectivity index (χ1n) is 9.61. The number of sulfone groups is 1. The molecule has 3 rings (SSSR count). The normalized spacial score (nSPS) is 13.0. The molecule has 0 fully saturated rings. The van der Waals surface area contributed by atoms with Gasteiger partial charge in [0, 0.05) is 12.8 Å². The number of halogens is 2. The summed E-state index contributed by atoms with van der Waals surface area (Å²) in [4.78, 5) is 9.31. The van der Waals surface area contributed by atoms with Gasteiger partial charge in [-0.05, 0) is 49.8 Å². The third-order valence-corrected chi connectivity index (χ3v) is 6.16. The Bertz CT molecular complexity index is 1180. The average Bonchev–Trinajstić information content (AvgIpc) is 3.07. The van der Waals surface area contributed by atoms with Crippen LogP contribution < -0.4 is 0 Å². The van der Waals surface area contributed by atoms with Gasteiger partial charge in [0.05, 0.1) is 17.3 Å². The molecule has 0 aliphatic carbocycles. The number of benzene rings is 2. The summed E-state index contributed by atoms with van der Waals surface area (Å²) in [5.41, 5.74) is 2.99. The predicted octanol–water partition coefficient (Wildman–Crippen LogP) is 4.28. The van der Waals surface area contributed by atoms with Crippen LogP contribution in [0, 0.1) is 12.7 Å². The van der Waals surface area contributed by atoms with Gasteiger partial charge in [0.25, 0.3) is 0 Å². The molecule has 166 valence electrons. The van der Waals surface area contributed by atoms with Crippen LogP contribution in [0.4, 0.5) is 4.39 Å². The largest absolute Gasteiger partial charge is 0.361 e. The van der Waals surface area contributed by atoms with E-state index in [1.807, 2.05) is 38.4 Å². The molecule has 0 bridgehead atoms. The fourth-order valence-electron chi connectivity index (χ4n) is 3.33. The van der Waals surface area contributed by atoms with Crippen LogP contribution >= 0.6 is 11.6 Å². The third kappa shape index (κ3) is 5.71. The minimum absolute atomic E-state index is 0.0253. The fourth-order valence-corrected chi connectivity index (χ4v) is 4.39. The van der Waals surface area contributed by atoms with Crippen molar-refractivity contribution in [3.05, 3.63) is 81.5 Å². The number of nitrogens with zero attached hydrogens (tertiary/aromatic N) is 2. The van der Waals surface area contributed by atoms with E-state index in [1.165, 1.54) is 12.1 Å². The van der Waals surface area contributed by atoms with Gasteiger partial charge >= 0.3 is 0 Å². The summed E-state index contributed by atoms with van der Waals surface area (Å²) >= 11 is 5.99. The smallest absolute Gasteiger partial charge is 0.192 e.